The Morgan fingerprint density at radius 1 is 1.24 bits per heavy atom. The van der Waals surface area contributed by atoms with Crippen LogP contribution in [0.5, 0.6) is 0 Å². The topological polar surface area (TPSA) is 33.1 Å². The number of hydrogen-bond donors (Lipinski definition) is 1. The number of thioether (sulfide) groups is 1. The summed E-state index contributed by atoms with van der Waals surface area (Å²) in [6, 6.07) is 8.31. The van der Waals surface area contributed by atoms with Gasteiger partial charge in [0.05, 0.1) is 5.69 Å². The highest BCUT2D eigenvalue weighted by atomic mass is 32.2. The molecule has 0 unspecified atom stereocenters. The van der Waals surface area contributed by atoms with E-state index in [9.17, 15) is 5.11 Å². The lowest BCUT2D eigenvalue weighted by molar-refractivity contribution is 0.0746. The molecule has 17 heavy (non-hydrogen) atoms. The zero-order valence-electron chi connectivity index (χ0n) is 10.1. The van der Waals surface area contributed by atoms with Crippen LogP contribution < -0.4 is 0 Å². The molecule has 0 spiro atoms. The van der Waals surface area contributed by atoms with Gasteiger partial charge in [-0.05, 0) is 32.2 Å². The van der Waals surface area contributed by atoms with E-state index in [1.54, 1.807) is 36.9 Å². The third kappa shape index (κ3) is 2.89. The fourth-order valence-corrected chi connectivity index (χ4v) is 2.82. The van der Waals surface area contributed by atoms with Crippen LogP contribution in [0, 0.1) is 0 Å². The summed E-state index contributed by atoms with van der Waals surface area (Å²) < 4.78 is 0. The number of aliphatic hydroxyl groups is 1. The Morgan fingerprint density at radius 3 is 2.35 bits per heavy atom. The van der Waals surface area contributed by atoms with Crippen molar-refractivity contribution in [1.82, 2.24) is 4.98 Å². The van der Waals surface area contributed by atoms with Crippen LogP contribution in [0.25, 0.3) is 10.6 Å². The fourth-order valence-electron chi connectivity index (χ4n) is 1.42. The van der Waals surface area contributed by atoms with Gasteiger partial charge in [-0.15, -0.1) is 23.1 Å². The van der Waals surface area contributed by atoms with Crippen LogP contribution in [-0.4, -0.2) is 16.3 Å². The van der Waals surface area contributed by atoms with Gasteiger partial charge in [-0.1, -0.05) is 12.1 Å². The molecule has 0 atom stereocenters. The van der Waals surface area contributed by atoms with E-state index in [4.69, 9.17) is 0 Å². The number of benzene rings is 1. The SMILES string of the molecule is CSc1ccc(-c2nc(C(C)(C)O)cs2)cc1. The molecule has 1 aromatic heterocycles. The van der Waals surface area contributed by atoms with Crippen molar-refractivity contribution in [3.05, 3.63) is 35.3 Å². The lowest BCUT2D eigenvalue weighted by Gasteiger charge is -2.12. The van der Waals surface area contributed by atoms with Crippen molar-refractivity contribution in [2.45, 2.75) is 24.3 Å². The Bertz CT molecular complexity index is 497. The largest absolute Gasteiger partial charge is 0.384 e. The van der Waals surface area contributed by atoms with Gasteiger partial charge in [0, 0.05) is 15.8 Å². The molecule has 1 N–H and O–H groups in total. The van der Waals surface area contributed by atoms with Gasteiger partial charge in [0.1, 0.15) is 10.6 Å². The summed E-state index contributed by atoms with van der Waals surface area (Å²) in [7, 11) is 0. The number of aromatic nitrogens is 1. The number of rotatable bonds is 3. The molecule has 0 saturated carbocycles. The summed E-state index contributed by atoms with van der Waals surface area (Å²) in [6.07, 6.45) is 2.06. The molecule has 2 nitrogen and oxygen atoms in total. The summed E-state index contributed by atoms with van der Waals surface area (Å²) in [5.74, 6) is 0. The summed E-state index contributed by atoms with van der Waals surface area (Å²) >= 11 is 3.29. The maximum absolute atomic E-state index is 9.87. The van der Waals surface area contributed by atoms with E-state index in [0.717, 1.165) is 16.3 Å². The van der Waals surface area contributed by atoms with Crippen molar-refractivity contribution in [1.29, 1.82) is 0 Å². The smallest absolute Gasteiger partial charge is 0.123 e. The molecule has 0 fully saturated rings. The predicted octanol–water partition coefficient (Wildman–Crippen LogP) is 3.76. The maximum Gasteiger partial charge on any atom is 0.123 e. The second-order valence-corrected chi connectivity index (χ2v) is 6.06. The van der Waals surface area contributed by atoms with Crippen molar-refractivity contribution < 1.29 is 5.11 Å². The molecule has 0 bridgehead atoms. The Morgan fingerprint density at radius 2 is 1.88 bits per heavy atom. The average molecular weight is 265 g/mol. The van der Waals surface area contributed by atoms with Crippen molar-refractivity contribution >= 4 is 23.1 Å². The summed E-state index contributed by atoms with van der Waals surface area (Å²) in [4.78, 5) is 5.71. The Labute approximate surface area is 110 Å². The zero-order chi connectivity index (χ0) is 12.5. The molecule has 0 aliphatic rings. The highest BCUT2D eigenvalue weighted by Crippen LogP contribution is 2.29. The van der Waals surface area contributed by atoms with Crippen LogP contribution >= 0.6 is 23.1 Å². The van der Waals surface area contributed by atoms with Gasteiger partial charge >= 0.3 is 0 Å². The van der Waals surface area contributed by atoms with E-state index in [2.05, 4.69) is 35.5 Å². The van der Waals surface area contributed by atoms with E-state index in [1.165, 1.54) is 4.90 Å². The Hall–Kier alpha value is -0.840. The second kappa shape index (κ2) is 4.80. The third-order valence-corrected chi connectivity index (χ3v) is 4.10. The summed E-state index contributed by atoms with van der Waals surface area (Å²) in [5, 5.41) is 12.7. The molecule has 1 aromatic carbocycles. The highest BCUT2D eigenvalue weighted by Gasteiger charge is 2.19. The normalized spacial score (nSPS) is 11.8. The lowest BCUT2D eigenvalue weighted by atomic mass is 10.1. The first-order valence-electron chi connectivity index (χ1n) is 5.33. The Balaban J connectivity index is 2.30. The third-order valence-electron chi connectivity index (χ3n) is 2.47. The van der Waals surface area contributed by atoms with Crippen LogP contribution in [0.4, 0.5) is 0 Å². The number of nitrogens with zero attached hydrogens (tertiary/aromatic N) is 1. The van der Waals surface area contributed by atoms with Gasteiger partial charge in [-0.25, -0.2) is 4.98 Å². The minimum atomic E-state index is -0.867. The zero-order valence-corrected chi connectivity index (χ0v) is 11.7. The van der Waals surface area contributed by atoms with Gasteiger partial charge in [-0.2, -0.15) is 0 Å². The first kappa shape index (κ1) is 12.6. The highest BCUT2D eigenvalue weighted by molar-refractivity contribution is 7.98. The molecule has 2 aromatic rings. The molecule has 1 heterocycles. The molecule has 0 aliphatic carbocycles. The van der Waals surface area contributed by atoms with Crippen LogP contribution in [0.15, 0.2) is 34.5 Å². The maximum atomic E-state index is 9.87. The first-order valence-corrected chi connectivity index (χ1v) is 7.44. The molecular formula is C13H15NOS2. The van der Waals surface area contributed by atoms with Crippen LogP contribution in [0.3, 0.4) is 0 Å². The predicted molar refractivity (Wildman–Crippen MR) is 74.6 cm³/mol. The quantitative estimate of drug-likeness (QED) is 0.858. The van der Waals surface area contributed by atoms with Gasteiger partial charge in [0.25, 0.3) is 0 Å². The second-order valence-electron chi connectivity index (χ2n) is 4.33. The standard InChI is InChI=1S/C13H15NOS2/c1-13(2,15)11-8-17-12(14-11)9-4-6-10(16-3)7-5-9/h4-8,15H,1-3H3. The van der Waals surface area contributed by atoms with Crippen molar-refractivity contribution in [2.24, 2.45) is 0 Å². The molecule has 0 amide bonds. The molecule has 0 radical (unpaired) electrons. The fraction of sp³-hybridized carbons (Fsp3) is 0.308. The van der Waals surface area contributed by atoms with Gasteiger partial charge in [0.15, 0.2) is 0 Å². The molecule has 90 valence electrons. The number of thiazole rings is 1. The van der Waals surface area contributed by atoms with E-state index in [1.807, 2.05) is 5.38 Å². The minimum absolute atomic E-state index is 0.728. The molecule has 0 saturated heterocycles. The minimum Gasteiger partial charge on any atom is -0.384 e. The van der Waals surface area contributed by atoms with Gasteiger partial charge in [-0.3, -0.25) is 0 Å². The van der Waals surface area contributed by atoms with E-state index in [-0.39, 0.29) is 0 Å². The Kier molecular flexibility index (Phi) is 3.56. The molecular weight excluding hydrogens is 250 g/mol. The number of hydrogen-bond acceptors (Lipinski definition) is 4. The van der Waals surface area contributed by atoms with Crippen LogP contribution in [0.2, 0.25) is 0 Å². The molecule has 0 aliphatic heterocycles. The summed E-state index contributed by atoms with van der Waals surface area (Å²) in [6.45, 7) is 3.51. The first-order chi connectivity index (χ1) is 8.00. The molecule has 4 heteroatoms. The van der Waals surface area contributed by atoms with E-state index in [0.29, 0.717) is 0 Å². The molecule has 2 rings (SSSR count). The lowest BCUT2D eigenvalue weighted by Crippen LogP contribution is -2.15. The monoisotopic (exact) mass is 265 g/mol. The van der Waals surface area contributed by atoms with Crippen molar-refractivity contribution in [3.8, 4) is 10.6 Å². The average Bonchev–Trinajstić information content (AvgIpc) is 2.78. The van der Waals surface area contributed by atoms with Gasteiger partial charge in [0.2, 0.25) is 0 Å². The van der Waals surface area contributed by atoms with E-state index < -0.39 is 5.60 Å². The van der Waals surface area contributed by atoms with Crippen molar-refractivity contribution in [3.63, 3.8) is 0 Å². The van der Waals surface area contributed by atoms with Crippen LogP contribution in [0.1, 0.15) is 19.5 Å². The summed E-state index contributed by atoms with van der Waals surface area (Å²) in [5.41, 5.74) is 0.961. The van der Waals surface area contributed by atoms with Gasteiger partial charge < -0.3 is 5.11 Å². The van der Waals surface area contributed by atoms with Crippen LogP contribution in [-0.2, 0) is 5.60 Å². The van der Waals surface area contributed by atoms with Crippen molar-refractivity contribution in [2.75, 3.05) is 6.26 Å². The van der Waals surface area contributed by atoms with E-state index >= 15 is 0 Å².